The summed E-state index contributed by atoms with van der Waals surface area (Å²) >= 11 is 1.27. The minimum absolute atomic E-state index is 0.0390. The van der Waals surface area contributed by atoms with Crippen molar-refractivity contribution < 1.29 is 36.3 Å². The fraction of sp³-hybridized carbons (Fsp3) is 0.200. The third-order valence-electron chi connectivity index (χ3n) is 3.90. The molecular weight excluding hydrogens is 443 g/mol. The molecule has 31 heavy (non-hydrogen) atoms. The summed E-state index contributed by atoms with van der Waals surface area (Å²) in [5.41, 5.74) is 0.916. The fourth-order valence-corrected chi connectivity index (χ4v) is 3.28. The number of oxime groups is 1. The molecule has 0 spiro atoms. The first-order valence-electron chi connectivity index (χ1n) is 8.66. The first kappa shape index (κ1) is 22.5. The number of hydrogen-bond donors (Lipinski definition) is 0. The largest absolute Gasteiger partial charge is 0.493 e. The van der Waals surface area contributed by atoms with Gasteiger partial charge >= 0.3 is 12.8 Å². The molecule has 0 N–H and O–H groups in total. The maximum atomic E-state index is 12.6. The van der Waals surface area contributed by atoms with E-state index in [0.29, 0.717) is 21.8 Å². The maximum Gasteiger partial charge on any atom is 0.416 e. The zero-order valence-corrected chi connectivity index (χ0v) is 16.7. The minimum atomic E-state index is -4.39. The van der Waals surface area contributed by atoms with Crippen LogP contribution in [-0.2, 0) is 17.6 Å². The van der Waals surface area contributed by atoms with Crippen LogP contribution in [-0.4, -0.2) is 24.9 Å². The highest BCUT2D eigenvalue weighted by Gasteiger charge is 2.30. The summed E-state index contributed by atoms with van der Waals surface area (Å²) in [7, 11) is 1.32. The molecular formula is C20H15F5N2O3S. The number of aromatic nitrogens is 1. The Morgan fingerprint density at radius 3 is 2.48 bits per heavy atom. The standard InChI is InChI=1S/C20H15F5N2O3S/c1-28-17-8-12(2-7-16(17)30-19(21)22)9-26-29-10-15-11-31-18(27-15)13-3-5-14(6-4-13)20(23,24)25/h2-9,11,19H,10H2,1H3/b26-9+. The van der Waals surface area contributed by atoms with E-state index in [-0.39, 0.29) is 18.1 Å². The maximum absolute atomic E-state index is 12.6. The molecule has 164 valence electrons. The minimum Gasteiger partial charge on any atom is -0.493 e. The average Bonchev–Trinajstić information content (AvgIpc) is 3.20. The molecule has 3 aromatic rings. The summed E-state index contributed by atoms with van der Waals surface area (Å²) in [6.45, 7) is -2.93. The molecule has 5 nitrogen and oxygen atoms in total. The summed E-state index contributed by atoms with van der Waals surface area (Å²) in [6, 6.07) is 9.00. The number of hydrogen-bond acceptors (Lipinski definition) is 6. The predicted molar refractivity (Wildman–Crippen MR) is 105 cm³/mol. The Hall–Kier alpha value is -3.21. The van der Waals surface area contributed by atoms with Crippen molar-refractivity contribution in [1.82, 2.24) is 4.98 Å². The number of halogens is 5. The summed E-state index contributed by atoms with van der Waals surface area (Å²) in [5, 5.41) is 6.06. The molecule has 1 heterocycles. The number of nitrogens with zero attached hydrogens (tertiary/aromatic N) is 2. The second kappa shape index (κ2) is 9.73. The van der Waals surface area contributed by atoms with E-state index in [1.165, 1.54) is 55.0 Å². The van der Waals surface area contributed by atoms with E-state index in [1.54, 1.807) is 5.38 Å². The van der Waals surface area contributed by atoms with Crippen molar-refractivity contribution >= 4 is 17.6 Å². The lowest BCUT2D eigenvalue weighted by Gasteiger charge is -2.09. The molecule has 0 amide bonds. The Balaban J connectivity index is 1.58. The van der Waals surface area contributed by atoms with Gasteiger partial charge in [0.05, 0.1) is 24.6 Å². The molecule has 1 aromatic heterocycles. The first-order chi connectivity index (χ1) is 14.8. The molecule has 0 fully saturated rings. The van der Waals surface area contributed by atoms with Gasteiger partial charge in [-0.25, -0.2) is 4.98 Å². The molecule has 11 heteroatoms. The average molecular weight is 458 g/mol. The smallest absolute Gasteiger partial charge is 0.416 e. The van der Waals surface area contributed by atoms with E-state index in [9.17, 15) is 22.0 Å². The second-order valence-corrected chi connectivity index (χ2v) is 6.87. The van der Waals surface area contributed by atoms with Crippen LogP contribution in [0.15, 0.2) is 53.0 Å². The Morgan fingerprint density at radius 1 is 1.10 bits per heavy atom. The monoisotopic (exact) mass is 458 g/mol. The summed E-state index contributed by atoms with van der Waals surface area (Å²) in [4.78, 5) is 9.49. The van der Waals surface area contributed by atoms with E-state index in [4.69, 9.17) is 9.57 Å². The second-order valence-electron chi connectivity index (χ2n) is 6.02. The van der Waals surface area contributed by atoms with E-state index >= 15 is 0 Å². The van der Waals surface area contributed by atoms with Crippen LogP contribution in [0.25, 0.3) is 10.6 Å². The van der Waals surface area contributed by atoms with Gasteiger partial charge in [-0.1, -0.05) is 17.3 Å². The van der Waals surface area contributed by atoms with Gasteiger partial charge in [0.15, 0.2) is 18.1 Å². The lowest BCUT2D eigenvalue weighted by molar-refractivity contribution is -0.137. The summed E-state index contributed by atoms with van der Waals surface area (Å²) in [5.74, 6) is 0.0128. The highest BCUT2D eigenvalue weighted by molar-refractivity contribution is 7.13. The van der Waals surface area contributed by atoms with Gasteiger partial charge < -0.3 is 14.3 Å². The van der Waals surface area contributed by atoms with Gasteiger partial charge in [-0.3, -0.25) is 0 Å². The van der Waals surface area contributed by atoms with Crippen molar-refractivity contribution in [3.8, 4) is 22.1 Å². The van der Waals surface area contributed by atoms with Crippen LogP contribution < -0.4 is 9.47 Å². The van der Waals surface area contributed by atoms with Crippen LogP contribution in [0.4, 0.5) is 22.0 Å². The molecule has 2 aromatic carbocycles. The Labute approximate surface area is 177 Å². The van der Waals surface area contributed by atoms with E-state index in [1.807, 2.05) is 0 Å². The molecule has 0 aliphatic carbocycles. The number of thiazole rings is 1. The molecule has 0 bridgehead atoms. The number of methoxy groups -OCH3 is 1. The molecule has 0 radical (unpaired) electrons. The Kier molecular flexibility index (Phi) is 7.06. The third kappa shape index (κ3) is 6.14. The van der Waals surface area contributed by atoms with Gasteiger partial charge in [0.25, 0.3) is 0 Å². The first-order valence-corrected chi connectivity index (χ1v) is 9.54. The van der Waals surface area contributed by atoms with Gasteiger partial charge in [0.2, 0.25) is 0 Å². The number of ether oxygens (including phenoxy) is 2. The van der Waals surface area contributed by atoms with Crippen LogP contribution in [0.5, 0.6) is 11.5 Å². The summed E-state index contributed by atoms with van der Waals surface area (Å²) in [6.07, 6.45) is -3.03. The van der Waals surface area contributed by atoms with Gasteiger partial charge in [-0.2, -0.15) is 22.0 Å². The van der Waals surface area contributed by atoms with E-state index in [0.717, 1.165) is 12.1 Å². The lowest BCUT2D eigenvalue weighted by atomic mass is 10.1. The van der Waals surface area contributed by atoms with Crippen LogP contribution in [0.2, 0.25) is 0 Å². The summed E-state index contributed by atoms with van der Waals surface area (Å²) < 4.78 is 72.0. The van der Waals surface area contributed by atoms with Gasteiger partial charge in [0, 0.05) is 16.5 Å². The molecule has 0 aliphatic heterocycles. The topological polar surface area (TPSA) is 52.9 Å². The van der Waals surface area contributed by atoms with Crippen LogP contribution >= 0.6 is 11.3 Å². The normalized spacial score (nSPS) is 11.8. The number of alkyl halides is 5. The fourth-order valence-electron chi connectivity index (χ4n) is 2.47. The van der Waals surface area contributed by atoms with Crippen molar-refractivity contribution in [2.45, 2.75) is 19.4 Å². The Morgan fingerprint density at radius 2 is 1.84 bits per heavy atom. The highest BCUT2D eigenvalue weighted by atomic mass is 32.1. The van der Waals surface area contributed by atoms with Crippen molar-refractivity contribution in [3.63, 3.8) is 0 Å². The van der Waals surface area contributed by atoms with Crippen molar-refractivity contribution in [1.29, 1.82) is 0 Å². The Bertz CT molecular complexity index is 1040. The van der Waals surface area contributed by atoms with Gasteiger partial charge in [0.1, 0.15) is 5.01 Å². The molecule has 3 rings (SSSR count). The lowest BCUT2D eigenvalue weighted by Crippen LogP contribution is -2.03. The third-order valence-corrected chi connectivity index (χ3v) is 4.84. The van der Waals surface area contributed by atoms with Crippen molar-refractivity contribution in [2.24, 2.45) is 5.16 Å². The zero-order chi connectivity index (χ0) is 22.4. The van der Waals surface area contributed by atoms with Crippen molar-refractivity contribution in [2.75, 3.05) is 7.11 Å². The van der Waals surface area contributed by atoms with E-state index < -0.39 is 18.4 Å². The number of benzene rings is 2. The molecule has 0 saturated heterocycles. The quantitative estimate of drug-likeness (QED) is 0.236. The van der Waals surface area contributed by atoms with Gasteiger partial charge in [-0.15, -0.1) is 11.3 Å². The molecule has 0 unspecified atom stereocenters. The van der Waals surface area contributed by atoms with Crippen molar-refractivity contribution in [3.05, 3.63) is 64.7 Å². The molecule has 0 saturated carbocycles. The molecule has 0 aliphatic rings. The van der Waals surface area contributed by atoms with Crippen LogP contribution in [0.1, 0.15) is 16.8 Å². The predicted octanol–water partition coefficient (Wildman–Crippen LogP) is 5.99. The van der Waals surface area contributed by atoms with Gasteiger partial charge in [-0.05, 0) is 30.3 Å². The molecule has 0 atom stereocenters. The number of rotatable bonds is 8. The zero-order valence-electron chi connectivity index (χ0n) is 15.9. The van der Waals surface area contributed by atoms with Crippen LogP contribution in [0.3, 0.4) is 0 Å². The SMILES string of the molecule is COc1cc(/C=N/OCc2csc(-c3ccc(C(F)(F)F)cc3)n2)ccc1OC(F)F. The highest BCUT2D eigenvalue weighted by Crippen LogP contribution is 2.32. The van der Waals surface area contributed by atoms with E-state index in [2.05, 4.69) is 14.9 Å². The van der Waals surface area contributed by atoms with Crippen LogP contribution in [0, 0.1) is 0 Å².